The third-order valence-electron chi connectivity index (χ3n) is 2.68. The van der Waals surface area contributed by atoms with Crippen LogP contribution in [-0.2, 0) is 0 Å². The number of nitrogens with two attached hydrogens (primary N) is 1. The Balaban J connectivity index is 2.95. The first-order chi connectivity index (χ1) is 7.10. The van der Waals surface area contributed by atoms with Gasteiger partial charge in [-0.25, -0.2) is 0 Å². The molecule has 0 aliphatic carbocycles. The van der Waals surface area contributed by atoms with Crippen molar-refractivity contribution in [3.05, 3.63) is 12.1 Å². The molecule has 2 N–H and O–H groups in total. The fraction of sp³-hybridized carbons (Fsp3) is 0.545. The third-order valence-corrected chi connectivity index (χ3v) is 2.68. The van der Waals surface area contributed by atoms with Crippen molar-refractivity contribution >= 4 is 11.5 Å². The van der Waals surface area contributed by atoms with E-state index in [2.05, 4.69) is 23.7 Å². The average molecular weight is 209 g/mol. The Morgan fingerprint density at radius 2 is 2.20 bits per heavy atom. The highest BCUT2D eigenvalue weighted by Gasteiger charge is 2.11. The van der Waals surface area contributed by atoms with Gasteiger partial charge in [-0.2, -0.15) is 4.98 Å². The fourth-order valence-electron chi connectivity index (χ4n) is 1.30. The molecule has 1 aromatic rings. The largest absolute Gasteiger partial charge is 0.479 e. The van der Waals surface area contributed by atoms with Crippen LogP contribution in [0.2, 0.25) is 0 Å². The van der Waals surface area contributed by atoms with Gasteiger partial charge in [0.15, 0.2) is 0 Å². The van der Waals surface area contributed by atoms with Crippen molar-refractivity contribution in [2.75, 3.05) is 24.8 Å². The molecule has 4 heteroatoms. The lowest BCUT2D eigenvalue weighted by molar-refractivity contribution is 0.400. The molecule has 1 rings (SSSR count). The van der Waals surface area contributed by atoms with Gasteiger partial charge in [-0.1, -0.05) is 6.92 Å². The van der Waals surface area contributed by atoms with Crippen molar-refractivity contribution in [3.8, 4) is 5.88 Å². The molecule has 0 amide bonds. The number of aromatic nitrogens is 1. The smallest absolute Gasteiger partial charge is 0.238 e. The van der Waals surface area contributed by atoms with Gasteiger partial charge in [0.2, 0.25) is 5.88 Å². The van der Waals surface area contributed by atoms with Gasteiger partial charge in [0, 0.05) is 13.1 Å². The zero-order valence-corrected chi connectivity index (χ0v) is 9.82. The van der Waals surface area contributed by atoms with E-state index in [0.717, 1.165) is 12.2 Å². The number of hydrogen-bond acceptors (Lipinski definition) is 4. The number of nitrogen functional groups attached to an aromatic ring is 1. The molecule has 0 fully saturated rings. The zero-order valence-electron chi connectivity index (χ0n) is 9.82. The summed E-state index contributed by atoms with van der Waals surface area (Å²) in [5, 5.41) is 0. The Morgan fingerprint density at radius 3 is 2.73 bits per heavy atom. The normalized spacial score (nSPS) is 12.3. The number of anilines is 2. The molecule has 0 aliphatic heterocycles. The van der Waals surface area contributed by atoms with E-state index in [1.165, 1.54) is 0 Å². The molecule has 1 heterocycles. The number of methoxy groups -OCH3 is 1. The minimum atomic E-state index is 0.450. The molecule has 1 aromatic heterocycles. The predicted molar refractivity (Wildman–Crippen MR) is 63.4 cm³/mol. The first-order valence-electron chi connectivity index (χ1n) is 5.13. The highest BCUT2D eigenvalue weighted by Crippen LogP contribution is 2.23. The summed E-state index contributed by atoms with van der Waals surface area (Å²) in [7, 11) is 3.60. The lowest BCUT2D eigenvalue weighted by Crippen LogP contribution is -2.28. The van der Waals surface area contributed by atoms with Crippen LogP contribution in [0, 0.1) is 0 Å². The summed E-state index contributed by atoms with van der Waals surface area (Å²) in [5.74, 6) is 1.37. The Morgan fingerprint density at radius 1 is 1.53 bits per heavy atom. The molecule has 0 aliphatic rings. The second-order valence-corrected chi connectivity index (χ2v) is 3.64. The number of rotatable bonds is 4. The van der Waals surface area contributed by atoms with E-state index in [1.54, 1.807) is 7.11 Å². The molecule has 0 saturated carbocycles. The average Bonchev–Trinajstić information content (AvgIpc) is 2.27. The van der Waals surface area contributed by atoms with Gasteiger partial charge in [0.25, 0.3) is 0 Å². The second kappa shape index (κ2) is 4.87. The van der Waals surface area contributed by atoms with Crippen LogP contribution in [0.5, 0.6) is 5.88 Å². The maximum atomic E-state index is 5.70. The summed E-state index contributed by atoms with van der Waals surface area (Å²) >= 11 is 0. The maximum Gasteiger partial charge on any atom is 0.238 e. The van der Waals surface area contributed by atoms with Crippen LogP contribution in [0.3, 0.4) is 0 Å². The van der Waals surface area contributed by atoms with Gasteiger partial charge in [0.1, 0.15) is 5.82 Å². The van der Waals surface area contributed by atoms with Gasteiger partial charge in [-0.3, -0.25) is 0 Å². The zero-order chi connectivity index (χ0) is 11.4. The topological polar surface area (TPSA) is 51.4 Å². The van der Waals surface area contributed by atoms with Crippen molar-refractivity contribution in [3.63, 3.8) is 0 Å². The quantitative estimate of drug-likeness (QED) is 0.823. The Hall–Kier alpha value is -1.45. The lowest BCUT2D eigenvalue weighted by Gasteiger charge is -2.25. The van der Waals surface area contributed by atoms with Gasteiger partial charge in [-0.15, -0.1) is 0 Å². The highest BCUT2D eigenvalue weighted by molar-refractivity contribution is 5.54. The Labute approximate surface area is 91.1 Å². The van der Waals surface area contributed by atoms with Crippen molar-refractivity contribution in [1.29, 1.82) is 0 Å². The minimum Gasteiger partial charge on any atom is -0.479 e. The molecule has 1 unspecified atom stereocenters. The van der Waals surface area contributed by atoms with Crippen LogP contribution in [-0.4, -0.2) is 25.2 Å². The first kappa shape index (κ1) is 11.6. The molecule has 1 atom stereocenters. The molecule has 0 aromatic carbocycles. The number of ether oxygens (including phenoxy) is 1. The molecular formula is C11H19N3O. The Bertz CT molecular complexity index is 328. The number of pyridine rings is 1. The van der Waals surface area contributed by atoms with Crippen LogP contribution in [0.1, 0.15) is 20.3 Å². The minimum absolute atomic E-state index is 0.450. The van der Waals surface area contributed by atoms with E-state index >= 15 is 0 Å². The SMILES string of the molecule is CCC(C)N(C)c1ccc(N)c(OC)n1. The number of nitrogens with zero attached hydrogens (tertiary/aromatic N) is 2. The second-order valence-electron chi connectivity index (χ2n) is 3.64. The lowest BCUT2D eigenvalue weighted by atomic mass is 10.2. The molecule has 0 bridgehead atoms. The summed E-state index contributed by atoms with van der Waals surface area (Å²) in [6, 6.07) is 4.18. The van der Waals surface area contributed by atoms with E-state index in [4.69, 9.17) is 10.5 Å². The van der Waals surface area contributed by atoms with Crippen LogP contribution in [0.25, 0.3) is 0 Å². The Kier molecular flexibility index (Phi) is 3.77. The molecule has 0 radical (unpaired) electrons. The van der Waals surface area contributed by atoms with Gasteiger partial charge >= 0.3 is 0 Å². The standard InChI is InChI=1S/C11H19N3O/c1-5-8(2)14(3)10-7-6-9(12)11(13-10)15-4/h6-8H,5,12H2,1-4H3. The molecule has 0 spiro atoms. The summed E-state index contributed by atoms with van der Waals surface area (Å²) in [5.41, 5.74) is 6.27. The van der Waals surface area contributed by atoms with Gasteiger partial charge in [0.05, 0.1) is 12.8 Å². The van der Waals surface area contributed by atoms with Crippen LogP contribution in [0.15, 0.2) is 12.1 Å². The van der Waals surface area contributed by atoms with Crippen molar-refractivity contribution in [1.82, 2.24) is 4.98 Å². The molecule has 84 valence electrons. The van der Waals surface area contributed by atoms with Crippen LogP contribution < -0.4 is 15.4 Å². The first-order valence-corrected chi connectivity index (χ1v) is 5.13. The van der Waals surface area contributed by atoms with E-state index in [1.807, 2.05) is 19.2 Å². The van der Waals surface area contributed by atoms with Crippen LogP contribution in [0.4, 0.5) is 11.5 Å². The molecule has 0 saturated heterocycles. The van der Waals surface area contributed by atoms with Crippen molar-refractivity contribution < 1.29 is 4.74 Å². The van der Waals surface area contributed by atoms with Crippen molar-refractivity contribution in [2.24, 2.45) is 0 Å². The number of hydrogen-bond donors (Lipinski definition) is 1. The van der Waals surface area contributed by atoms with E-state index in [0.29, 0.717) is 17.6 Å². The summed E-state index contributed by atoms with van der Waals surface area (Å²) in [4.78, 5) is 6.45. The summed E-state index contributed by atoms with van der Waals surface area (Å²) < 4.78 is 5.09. The fourth-order valence-corrected chi connectivity index (χ4v) is 1.30. The van der Waals surface area contributed by atoms with Crippen LogP contribution >= 0.6 is 0 Å². The summed E-state index contributed by atoms with van der Waals surface area (Å²) in [6.45, 7) is 4.31. The summed E-state index contributed by atoms with van der Waals surface area (Å²) in [6.07, 6.45) is 1.07. The van der Waals surface area contributed by atoms with Crippen molar-refractivity contribution in [2.45, 2.75) is 26.3 Å². The molecule has 15 heavy (non-hydrogen) atoms. The molecule has 4 nitrogen and oxygen atoms in total. The molecular weight excluding hydrogens is 190 g/mol. The van der Waals surface area contributed by atoms with E-state index < -0.39 is 0 Å². The monoisotopic (exact) mass is 209 g/mol. The third kappa shape index (κ3) is 2.52. The van der Waals surface area contributed by atoms with Gasteiger partial charge < -0.3 is 15.4 Å². The van der Waals surface area contributed by atoms with E-state index in [-0.39, 0.29) is 0 Å². The van der Waals surface area contributed by atoms with Gasteiger partial charge in [-0.05, 0) is 25.5 Å². The van der Waals surface area contributed by atoms with E-state index in [9.17, 15) is 0 Å². The maximum absolute atomic E-state index is 5.70. The predicted octanol–water partition coefficient (Wildman–Crippen LogP) is 1.91. The highest BCUT2D eigenvalue weighted by atomic mass is 16.5.